The average molecular weight is 223 g/mol. The molecule has 16 heavy (non-hydrogen) atoms. The third kappa shape index (κ3) is 3.83. The quantitative estimate of drug-likeness (QED) is 0.753. The molecule has 0 saturated heterocycles. The molecule has 1 atom stereocenters. The van der Waals surface area contributed by atoms with E-state index in [4.69, 9.17) is 15.2 Å². The smallest absolute Gasteiger partial charge is 0.124 e. The number of methoxy groups -OCH3 is 1. The number of hydrogen-bond donors (Lipinski definition) is 1. The molecule has 0 bridgehead atoms. The van der Waals surface area contributed by atoms with Crippen LogP contribution < -0.4 is 10.5 Å². The lowest BCUT2D eigenvalue weighted by Gasteiger charge is -2.14. The zero-order chi connectivity index (χ0) is 12.0. The van der Waals surface area contributed by atoms with E-state index in [1.54, 1.807) is 7.11 Å². The maximum Gasteiger partial charge on any atom is 0.124 e. The second kappa shape index (κ2) is 6.51. The Morgan fingerprint density at radius 3 is 2.69 bits per heavy atom. The van der Waals surface area contributed by atoms with Gasteiger partial charge < -0.3 is 15.2 Å². The number of ether oxygens (including phenoxy) is 2. The number of rotatable bonds is 6. The predicted octanol–water partition coefficient (Wildman–Crippen LogP) is 2.43. The van der Waals surface area contributed by atoms with Crippen LogP contribution in [0.5, 0.6) is 5.75 Å². The summed E-state index contributed by atoms with van der Waals surface area (Å²) in [6, 6.07) is 6.10. The van der Waals surface area contributed by atoms with Crippen LogP contribution in [0.3, 0.4) is 0 Å². The largest absolute Gasteiger partial charge is 0.493 e. The van der Waals surface area contributed by atoms with Crippen LogP contribution in [0.2, 0.25) is 0 Å². The number of nitrogens with two attached hydrogens (primary N) is 1. The van der Waals surface area contributed by atoms with E-state index in [9.17, 15) is 0 Å². The van der Waals surface area contributed by atoms with Crippen LogP contribution in [0.4, 0.5) is 0 Å². The van der Waals surface area contributed by atoms with Crippen LogP contribution in [0, 0.1) is 6.92 Å². The molecule has 0 aromatic heterocycles. The van der Waals surface area contributed by atoms with E-state index < -0.39 is 0 Å². The summed E-state index contributed by atoms with van der Waals surface area (Å²) in [4.78, 5) is 0. The van der Waals surface area contributed by atoms with Gasteiger partial charge in [0, 0.05) is 31.7 Å². The Hall–Kier alpha value is -1.06. The lowest BCUT2D eigenvalue weighted by atomic mass is 10.1. The third-order valence-electron chi connectivity index (χ3n) is 2.41. The molecule has 0 spiro atoms. The van der Waals surface area contributed by atoms with Crippen LogP contribution in [0.1, 0.15) is 30.5 Å². The second-order valence-corrected chi connectivity index (χ2v) is 4.02. The van der Waals surface area contributed by atoms with Crippen LogP contribution in [-0.2, 0) is 4.74 Å². The topological polar surface area (TPSA) is 44.5 Å². The molecule has 1 aromatic carbocycles. The summed E-state index contributed by atoms with van der Waals surface area (Å²) in [6.07, 6.45) is 0.892. The van der Waals surface area contributed by atoms with Gasteiger partial charge in [-0.1, -0.05) is 17.7 Å². The monoisotopic (exact) mass is 223 g/mol. The van der Waals surface area contributed by atoms with Crippen molar-refractivity contribution in [2.24, 2.45) is 5.73 Å². The van der Waals surface area contributed by atoms with Crippen LogP contribution >= 0.6 is 0 Å². The van der Waals surface area contributed by atoms with Crippen molar-refractivity contribution >= 4 is 0 Å². The number of benzene rings is 1. The van der Waals surface area contributed by atoms with Crippen LogP contribution in [0.25, 0.3) is 0 Å². The summed E-state index contributed by atoms with van der Waals surface area (Å²) >= 11 is 0. The van der Waals surface area contributed by atoms with Crippen molar-refractivity contribution in [2.75, 3.05) is 20.3 Å². The van der Waals surface area contributed by atoms with Gasteiger partial charge in [-0.3, -0.25) is 0 Å². The molecule has 0 radical (unpaired) electrons. The van der Waals surface area contributed by atoms with Crippen molar-refractivity contribution in [1.29, 1.82) is 0 Å². The highest BCUT2D eigenvalue weighted by Gasteiger charge is 2.07. The van der Waals surface area contributed by atoms with Crippen molar-refractivity contribution < 1.29 is 9.47 Å². The van der Waals surface area contributed by atoms with E-state index in [1.165, 1.54) is 5.56 Å². The standard InChI is InChI=1S/C13H21NO2/c1-10-5-6-13(12(9-10)11(2)14)16-8-4-7-15-3/h5-6,9,11H,4,7-8,14H2,1-3H3. The van der Waals surface area contributed by atoms with Crippen LogP contribution in [-0.4, -0.2) is 20.3 Å². The zero-order valence-corrected chi connectivity index (χ0v) is 10.3. The molecule has 0 aliphatic carbocycles. The lowest BCUT2D eigenvalue weighted by Crippen LogP contribution is -2.09. The van der Waals surface area contributed by atoms with E-state index in [2.05, 4.69) is 13.0 Å². The molecular formula is C13H21NO2. The Labute approximate surface area is 97.6 Å². The molecule has 0 fully saturated rings. The summed E-state index contributed by atoms with van der Waals surface area (Å²) in [5, 5.41) is 0. The fourth-order valence-corrected chi connectivity index (χ4v) is 1.54. The van der Waals surface area contributed by atoms with E-state index in [-0.39, 0.29) is 6.04 Å². The molecule has 3 nitrogen and oxygen atoms in total. The van der Waals surface area contributed by atoms with Gasteiger partial charge in [0.15, 0.2) is 0 Å². The SMILES string of the molecule is COCCCOc1ccc(C)cc1C(C)N. The number of aryl methyl sites for hydroxylation is 1. The van der Waals surface area contributed by atoms with E-state index in [0.717, 1.165) is 24.3 Å². The summed E-state index contributed by atoms with van der Waals surface area (Å²) in [5.74, 6) is 0.886. The van der Waals surface area contributed by atoms with Gasteiger partial charge in [-0.15, -0.1) is 0 Å². The minimum absolute atomic E-state index is 0.00248. The summed E-state index contributed by atoms with van der Waals surface area (Å²) in [5.41, 5.74) is 8.18. The molecule has 1 rings (SSSR count). The van der Waals surface area contributed by atoms with Gasteiger partial charge in [0.2, 0.25) is 0 Å². The van der Waals surface area contributed by atoms with Gasteiger partial charge >= 0.3 is 0 Å². The Balaban J connectivity index is 2.64. The minimum Gasteiger partial charge on any atom is -0.493 e. The fourth-order valence-electron chi connectivity index (χ4n) is 1.54. The highest BCUT2D eigenvalue weighted by molar-refractivity contribution is 5.38. The van der Waals surface area contributed by atoms with Crippen molar-refractivity contribution in [1.82, 2.24) is 0 Å². The fraction of sp³-hybridized carbons (Fsp3) is 0.538. The molecule has 2 N–H and O–H groups in total. The molecule has 0 heterocycles. The maximum absolute atomic E-state index is 5.91. The van der Waals surface area contributed by atoms with Crippen molar-refractivity contribution in [3.05, 3.63) is 29.3 Å². The molecular weight excluding hydrogens is 202 g/mol. The summed E-state index contributed by atoms with van der Waals surface area (Å²) < 4.78 is 10.7. The predicted molar refractivity (Wildman–Crippen MR) is 65.8 cm³/mol. The van der Waals surface area contributed by atoms with Gasteiger partial charge in [-0.05, 0) is 19.9 Å². The lowest BCUT2D eigenvalue weighted by molar-refractivity contribution is 0.171. The van der Waals surface area contributed by atoms with E-state index >= 15 is 0 Å². The first-order chi connectivity index (χ1) is 7.65. The maximum atomic E-state index is 5.91. The molecule has 1 unspecified atom stereocenters. The molecule has 0 aliphatic heterocycles. The van der Waals surface area contributed by atoms with Gasteiger partial charge in [-0.2, -0.15) is 0 Å². The number of hydrogen-bond acceptors (Lipinski definition) is 3. The highest BCUT2D eigenvalue weighted by atomic mass is 16.5. The first-order valence-corrected chi connectivity index (χ1v) is 5.63. The normalized spacial score (nSPS) is 12.5. The Bertz CT molecular complexity index is 324. The minimum atomic E-state index is -0.00248. The Morgan fingerprint density at radius 2 is 2.06 bits per heavy atom. The van der Waals surface area contributed by atoms with Gasteiger partial charge in [0.1, 0.15) is 5.75 Å². The molecule has 0 saturated carbocycles. The third-order valence-corrected chi connectivity index (χ3v) is 2.41. The second-order valence-electron chi connectivity index (χ2n) is 4.02. The van der Waals surface area contributed by atoms with E-state index in [0.29, 0.717) is 6.61 Å². The zero-order valence-electron chi connectivity index (χ0n) is 10.3. The highest BCUT2D eigenvalue weighted by Crippen LogP contribution is 2.25. The van der Waals surface area contributed by atoms with Crippen molar-refractivity contribution in [3.8, 4) is 5.75 Å². The molecule has 1 aromatic rings. The van der Waals surface area contributed by atoms with Gasteiger partial charge in [0.25, 0.3) is 0 Å². The molecule has 3 heteroatoms. The molecule has 90 valence electrons. The van der Waals surface area contributed by atoms with Crippen molar-refractivity contribution in [2.45, 2.75) is 26.3 Å². The van der Waals surface area contributed by atoms with E-state index in [1.807, 2.05) is 19.1 Å². The van der Waals surface area contributed by atoms with Crippen molar-refractivity contribution in [3.63, 3.8) is 0 Å². The Morgan fingerprint density at radius 1 is 1.31 bits per heavy atom. The van der Waals surface area contributed by atoms with Crippen LogP contribution in [0.15, 0.2) is 18.2 Å². The first kappa shape index (κ1) is 13.0. The summed E-state index contributed by atoms with van der Waals surface area (Å²) in [7, 11) is 1.69. The van der Waals surface area contributed by atoms with Gasteiger partial charge in [0.05, 0.1) is 6.61 Å². The average Bonchev–Trinajstić information content (AvgIpc) is 2.26. The van der Waals surface area contributed by atoms with Gasteiger partial charge in [-0.25, -0.2) is 0 Å². The molecule has 0 amide bonds. The molecule has 0 aliphatic rings. The summed E-state index contributed by atoms with van der Waals surface area (Å²) in [6.45, 7) is 5.41. The Kier molecular flexibility index (Phi) is 5.29. The first-order valence-electron chi connectivity index (χ1n) is 5.63.